The first-order valence-corrected chi connectivity index (χ1v) is 7.76. The molecule has 0 unspecified atom stereocenters. The van der Waals surface area contributed by atoms with Crippen LogP contribution in [-0.4, -0.2) is 23.3 Å². The number of carbonyl (C=O) groups excluding carboxylic acids is 2. The quantitative estimate of drug-likeness (QED) is 0.854. The Kier molecular flexibility index (Phi) is 6.01. The van der Waals surface area contributed by atoms with Gasteiger partial charge in [-0.15, -0.1) is 0 Å². The molecule has 5 nitrogen and oxygen atoms in total. The molecular weight excluding hydrogens is 309 g/mol. The molecule has 1 heterocycles. The second-order valence-corrected chi connectivity index (χ2v) is 5.87. The van der Waals surface area contributed by atoms with Crippen molar-refractivity contribution in [1.82, 2.24) is 10.3 Å². The lowest BCUT2D eigenvalue weighted by Gasteiger charge is -2.08. The average Bonchev–Trinajstić information content (AvgIpc) is 2.54. The van der Waals surface area contributed by atoms with E-state index in [9.17, 15) is 14.0 Å². The number of anilines is 1. The zero-order valence-corrected chi connectivity index (χ0v) is 13.7. The molecule has 0 saturated carbocycles. The fourth-order valence-corrected chi connectivity index (χ4v) is 2.03. The Morgan fingerprint density at radius 2 is 1.83 bits per heavy atom. The molecule has 2 aromatic rings. The van der Waals surface area contributed by atoms with Crippen molar-refractivity contribution in [2.45, 2.75) is 20.3 Å². The molecule has 6 heteroatoms. The fourth-order valence-electron chi connectivity index (χ4n) is 2.03. The van der Waals surface area contributed by atoms with Gasteiger partial charge in [-0.25, -0.2) is 4.39 Å². The van der Waals surface area contributed by atoms with Crippen LogP contribution in [0.3, 0.4) is 0 Å². The van der Waals surface area contributed by atoms with E-state index in [0.717, 1.165) is 6.42 Å². The number of nitrogens with zero attached hydrogens (tertiary/aromatic N) is 1. The Morgan fingerprint density at radius 3 is 2.50 bits per heavy atom. The van der Waals surface area contributed by atoms with Gasteiger partial charge in [-0.2, -0.15) is 0 Å². The fraction of sp³-hybridized carbons (Fsp3) is 0.278. The normalized spacial score (nSPS) is 10.5. The molecule has 0 saturated heterocycles. The van der Waals surface area contributed by atoms with Gasteiger partial charge in [0, 0.05) is 24.6 Å². The van der Waals surface area contributed by atoms with Gasteiger partial charge in [0.05, 0.1) is 11.1 Å². The lowest BCUT2D eigenvalue weighted by Crippen LogP contribution is -2.26. The van der Waals surface area contributed by atoms with E-state index in [4.69, 9.17) is 0 Å². The molecular formula is C18H20FN3O2. The Balaban J connectivity index is 2.03. The second kappa shape index (κ2) is 8.19. The van der Waals surface area contributed by atoms with Crippen LogP contribution in [0.25, 0.3) is 0 Å². The Morgan fingerprint density at radius 1 is 1.12 bits per heavy atom. The molecule has 1 aromatic heterocycles. The van der Waals surface area contributed by atoms with Crippen molar-refractivity contribution in [2.24, 2.45) is 5.92 Å². The number of carbonyl (C=O) groups is 2. The van der Waals surface area contributed by atoms with Crippen molar-refractivity contribution in [3.05, 3.63) is 59.7 Å². The maximum Gasteiger partial charge on any atom is 0.257 e. The minimum atomic E-state index is -0.454. The molecule has 1 aromatic carbocycles. The molecule has 0 atom stereocenters. The number of benzene rings is 1. The largest absolute Gasteiger partial charge is 0.352 e. The smallest absolute Gasteiger partial charge is 0.257 e. The topological polar surface area (TPSA) is 71.1 Å². The van der Waals surface area contributed by atoms with Crippen LogP contribution in [0.4, 0.5) is 10.1 Å². The van der Waals surface area contributed by atoms with Crippen LogP contribution in [-0.2, 0) is 0 Å². The minimum Gasteiger partial charge on any atom is -0.352 e. The molecule has 0 radical (unpaired) electrons. The Bertz CT molecular complexity index is 732. The van der Waals surface area contributed by atoms with Gasteiger partial charge in [-0.05, 0) is 36.6 Å². The molecule has 2 N–H and O–H groups in total. The Hall–Kier alpha value is -2.76. The molecule has 126 valence electrons. The highest BCUT2D eigenvalue weighted by atomic mass is 19.1. The standard InChI is InChI=1S/C18H20FN3O2/c1-12(2)6-7-21-17(23)13-8-14(11-20-10-13)18(24)22-16-5-3-4-15(19)9-16/h3-5,8-12H,6-7H2,1-2H3,(H,21,23)(H,22,24). The maximum absolute atomic E-state index is 13.1. The summed E-state index contributed by atoms with van der Waals surface area (Å²) < 4.78 is 13.1. The van der Waals surface area contributed by atoms with E-state index in [1.165, 1.54) is 36.7 Å². The van der Waals surface area contributed by atoms with Crippen LogP contribution in [0, 0.1) is 11.7 Å². The number of hydrogen-bond acceptors (Lipinski definition) is 3. The number of halogens is 1. The van der Waals surface area contributed by atoms with Crippen molar-refractivity contribution < 1.29 is 14.0 Å². The summed E-state index contributed by atoms with van der Waals surface area (Å²) in [5, 5.41) is 5.37. The van der Waals surface area contributed by atoms with Crippen LogP contribution in [0.1, 0.15) is 41.0 Å². The highest BCUT2D eigenvalue weighted by molar-refractivity contribution is 6.05. The van der Waals surface area contributed by atoms with Crippen molar-refractivity contribution in [2.75, 3.05) is 11.9 Å². The summed E-state index contributed by atoms with van der Waals surface area (Å²) in [5.41, 5.74) is 0.883. The first-order valence-electron chi connectivity index (χ1n) is 7.76. The summed E-state index contributed by atoms with van der Waals surface area (Å²) in [6.45, 7) is 4.71. The van der Waals surface area contributed by atoms with Gasteiger partial charge in [0.15, 0.2) is 0 Å². The van der Waals surface area contributed by atoms with Crippen LogP contribution in [0.2, 0.25) is 0 Å². The third-order valence-electron chi connectivity index (χ3n) is 3.35. The highest BCUT2D eigenvalue weighted by Gasteiger charge is 2.12. The van der Waals surface area contributed by atoms with E-state index in [1.54, 1.807) is 6.07 Å². The minimum absolute atomic E-state index is 0.232. The van der Waals surface area contributed by atoms with Crippen LogP contribution in [0.5, 0.6) is 0 Å². The molecule has 0 aliphatic heterocycles. The van der Waals surface area contributed by atoms with E-state index in [0.29, 0.717) is 23.7 Å². The predicted octanol–water partition coefficient (Wildman–Crippen LogP) is 3.25. The first-order chi connectivity index (χ1) is 11.5. The number of aromatic nitrogens is 1. The van der Waals surface area contributed by atoms with E-state index < -0.39 is 11.7 Å². The third-order valence-corrected chi connectivity index (χ3v) is 3.35. The number of rotatable bonds is 6. The van der Waals surface area contributed by atoms with Crippen molar-refractivity contribution >= 4 is 17.5 Å². The van der Waals surface area contributed by atoms with E-state index in [-0.39, 0.29) is 11.5 Å². The highest BCUT2D eigenvalue weighted by Crippen LogP contribution is 2.12. The summed E-state index contributed by atoms with van der Waals surface area (Å²) >= 11 is 0. The molecule has 0 fully saturated rings. The lowest BCUT2D eigenvalue weighted by atomic mass is 10.1. The molecule has 0 aliphatic rings. The Labute approximate surface area is 140 Å². The molecule has 2 amide bonds. The number of amides is 2. The van der Waals surface area contributed by atoms with Crippen LogP contribution < -0.4 is 10.6 Å². The zero-order valence-electron chi connectivity index (χ0n) is 13.7. The maximum atomic E-state index is 13.1. The number of nitrogens with one attached hydrogen (secondary N) is 2. The monoisotopic (exact) mass is 329 g/mol. The van der Waals surface area contributed by atoms with Gasteiger partial charge < -0.3 is 10.6 Å². The number of hydrogen-bond donors (Lipinski definition) is 2. The van der Waals surface area contributed by atoms with Gasteiger partial charge in [0.1, 0.15) is 5.82 Å². The average molecular weight is 329 g/mol. The summed E-state index contributed by atoms with van der Waals surface area (Å²) in [5.74, 6) is -0.676. The van der Waals surface area contributed by atoms with Crippen LogP contribution >= 0.6 is 0 Å². The van der Waals surface area contributed by atoms with Gasteiger partial charge >= 0.3 is 0 Å². The van der Waals surface area contributed by atoms with Gasteiger partial charge in [0.2, 0.25) is 0 Å². The van der Waals surface area contributed by atoms with E-state index in [2.05, 4.69) is 29.5 Å². The second-order valence-electron chi connectivity index (χ2n) is 5.87. The molecule has 0 spiro atoms. The lowest BCUT2D eigenvalue weighted by molar-refractivity contribution is 0.0951. The summed E-state index contributed by atoms with van der Waals surface area (Å²) in [7, 11) is 0. The molecule has 0 aliphatic carbocycles. The van der Waals surface area contributed by atoms with E-state index >= 15 is 0 Å². The molecule has 2 rings (SSSR count). The van der Waals surface area contributed by atoms with Gasteiger partial charge in [0.25, 0.3) is 11.8 Å². The van der Waals surface area contributed by atoms with Crippen molar-refractivity contribution in [3.63, 3.8) is 0 Å². The van der Waals surface area contributed by atoms with Crippen molar-refractivity contribution in [3.8, 4) is 0 Å². The van der Waals surface area contributed by atoms with Gasteiger partial charge in [-0.1, -0.05) is 19.9 Å². The third kappa shape index (κ3) is 5.15. The first kappa shape index (κ1) is 17.6. The summed E-state index contributed by atoms with van der Waals surface area (Å²) in [6, 6.07) is 7.05. The van der Waals surface area contributed by atoms with Gasteiger partial charge in [-0.3, -0.25) is 14.6 Å². The van der Waals surface area contributed by atoms with E-state index in [1.807, 2.05) is 0 Å². The molecule has 0 bridgehead atoms. The summed E-state index contributed by atoms with van der Waals surface area (Å²) in [4.78, 5) is 28.2. The molecule has 24 heavy (non-hydrogen) atoms. The SMILES string of the molecule is CC(C)CCNC(=O)c1cncc(C(=O)Nc2cccc(F)c2)c1. The number of pyridine rings is 1. The van der Waals surface area contributed by atoms with Crippen LogP contribution in [0.15, 0.2) is 42.7 Å². The van der Waals surface area contributed by atoms with Crippen molar-refractivity contribution in [1.29, 1.82) is 0 Å². The predicted molar refractivity (Wildman–Crippen MR) is 90.4 cm³/mol. The zero-order chi connectivity index (χ0) is 17.5. The summed E-state index contributed by atoms with van der Waals surface area (Å²) in [6.07, 6.45) is 3.64.